The highest BCUT2D eigenvalue weighted by atomic mass is 16.3. The molecule has 0 amide bonds. The highest BCUT2D eigenvalue weighted by molar-refractivity contribution is 5.88. The smallest absolute Gasteiger partial charge is 0.181 e. The van der Waals surface area contributed by atoms with E-state index in [1.54, 1.807) is 0 Å². The molecule has 3 heterocycles. The van der Waals surface area contributed by atoms with Crippen LogP contribution in [0.3, 0.4) is 0 Å². The third kappa shape index (κ3) is 2.74. The summed E-state index contributed by atoms with van der Waals surface area (Å²) in [5, 5.41) is 4.81. The van der Waals surface area contributed by atoms with Gasteiger partial charge in [-0.15, -0.1) is 0 Å². The molecule has 0 saturated carbocycles. The maximum Gasteiger partial charge on any atom is 0.181 e. The Hall–Kier alpha value is -2.79. The first-order valence-electron chi connectivity index (χ1n) is 9.16. The van der Waals surface area contributed by atoms with Crippen LogP contribution in [0, 0.1) is 0 Å². The number of rotatable bonds is 3. The van der Waals surface area contributed by atoms with E-state index in [0.717, 1.165) is 22.5 Å². The number of aromatic nitrogens is 2. The van der Waals surface area contributed by atoms with Crippen molar-refractivity contribution in [3.8, 4) is 0 Å². The molecule has 5 rings (SSSR count). The van der Waals surface area contributed by atoms with Crippen molar-refractivity contribution in [2.45, 2.75) is 18.8 Å². The Kier molecular flexibility index (Phi) is 3.68. The van der Waals surface area contributed by atoms with Gasteiger partial charge < -0.3 is 19.6 Å². The zero-order chi connectivity index (χ0) is 17.5. The molecule has 1 aliphatic rings. The van der Waals surface area contributed by atoms with Crippen molar-refractivity contribution in [3.63, 3.8) is 0 Å². The molecule has 1 fully saturated rings. The van der Waals surface area contributed by atoms with Gasteiger partial charge in [-0.05, 0) is 74.8 Å². The van der Waals surface area contributed by atoms with Crippen LogP contribution in [0.4, 0.5) is 11.4 Å². The topological polar surface area (TPSA) is 57.1 Å². The van der Waals surface area contributed by atoms with E-state index in [1.165, 1.54) is 48.8 Å². The van der Waals surface area contributed by atoms with Gasteiger partial charge in [-0.25, -0.2) is 4.98 Å². The molecule has 0 spiro atoms. The lowest BCUT2D eigenvalue weighted by Gasteiger charge is -2.28. The predicted molar refractivity (Wildman–Crippen MR) is 105 cm³/mol. The van der Waals surface area contributed by atoms with Crippen LogP contribution in [0.2, 0.25) is 0 Å². The molecule has 0 radical (unpaired) electrons. The van der Waals surface area contributed by atoms with Crippen LogP contribution in [-0.4, -0.2) is 35.0 Å². The Bertz CT molecular complexity index is 1060. The summed E-state index contributed by atoms with van der Waals surface area (Å²) in [7, 11) is 2.21. The third-order valence-corrected chi connectivity index (χ3v) is 5.49. The van der Waals surface area contributed by atoms with Crippen molar-refractivity contribution in [2.24, 2.45) is 0 Å². The molecule has 26 heavy (non-hydrogen) atoms. The van der Waals surface area contributed by atoms with E-state index in [-0.39, 0.29) is 0 Å². The minimum absolute atomic E-state index is 0.660. The number of likely N-dealkylation sites (tertiary alicyclic amines) is 1. The van der Waals surface area contributed by atoms with Gasteiger partial charge in [-0.2, -0.15) is 0 Å². The van der Waals surface area contributed by atoms with E-state index in [1.807, 2.05) is 18.2 Å². The Balaban J connectivity index is 1.41. The average Bonchev–Trinajstić information content (AvgIpc) is 3.28. The molecule has 1 aliphatic heterocycles. The van der Waals surface area contributed by atoms with Crippen LogP contribution in [0.25, 0.3) is 22.0 Å². The fraction of sp³-hybridized carbons (Fsp3) is 0.286. The highest BCUT2D eigenvalue weighted by Crippen LogP contribution is 2.34. The number of oxazole rings is 1. The van der Waals surface area contributed by atoms with Crippen molar-refractivity contribution in [1.82, 2.24) is 14.9 Å². The van der Waals surface area contributed by atoms with Crippen LogP contribution in [-0.2, 0) is 0 Å². The van der Waals surface area contributed by atoms with Crippen molar-refractivity contribution in [1.29, 1.82) is 0 Å². The number of benzene rings is 2. The summed E-state index contributed by atoms with van der Waals surface area (Å²) in [5.74, 6) is 0.660. The molecule has 5 heteroatoms. The maximum atomic E-state index is 5.30. The lowest BCUT2D eigenvalue weighted by Crippen LogP contribution is -2.29. The quantitative estimate of drug-likeness (QED) is 0.556. The second-order valence-corrected chi connectivity index (χ2v) is 7.24. The maximum absolute atomic E-state index is 5.30. The normalized spacial score (nSPS) is 16.5. The lowest BCUT2D eigenvalue weighted by atomic mass is 9.89. The zero-order valence-electron chi connectivity index (χ0n) is 14.8. The van der Waals surface area contributed by atoms with Gasteiger partial charge in [-0.3, -0.25) is 0 Å². The first kappa shape index (κ1) is 15.5. The number of piperidine rings is 1. The van der Waals surface area contributed by atoms with Crippen molar-refractivity contribution in [2.75, 3.05) is 25.5 Å². The van der Waals surface area contributed by atoms with Crippen molar-refractivity contribution in [3.05, 3.63) is 54.6 Å². The lowest BCUT2D eigenvalue weighted by molar-refractivity contribution is 0.256. The minimum atomic E-state index is 0.660. The molecule has 2 N–H and O–H groups in total. The van der Waals surface area contributed by atoms with Crippen LogP contribution in [0.5, 0.6) is 0 Å². The first-order valence-corrected chi connectivity index (χ1v) is 9.16. The summed E-state index contributed by atoms with van der Waals surface area (Å²) in [6.45, 7) is 2.36. The molecule has 1 saturated heterocycles. The van der Waals surface area contributed by atoms with Crippen LogP contribution < -0.4 is 5.32 Å². The Morgan fingerprint density at radius 1 is 1.12 bits per heavy atom. The summed E-state index contributed by atoms with van der Waals surface area (Å²) in [6.07, 6.45) is 6.15. The molecule has 5 nitrogen and oxygen atoms in total. The Morgan fingerprint density at radius 2 is 1.92 bits per heavy atom. The number of nitrogens with one attached hydrogen (secondary N) is 2. The fourth-order valence-corrected chi connectivity index (χ4v) is 3.99. The molecule has 2 aromatic heterocycles. The van der Waals surface area contributed by atoms with Gasteiger partial charge in [0.05, 0.1) is 0 Å². The largest absolute Gasteiger partial charge is 0.443 e. The van der Waals surface area contributed by atoms with Gasteiger partial charge in [0.2, 0.25) is 0 Å². The first-order chi connectivity index (χ1) is 12.8. The van der Waals surface area contributed by atoms with Gasteiger partial charge in [0.25, 0.3) is 0 Å². The number of aromatic amines is 1. The van der Waals surface area contributed by atoms with Crippen LogP contribution >= 0.6 is 0 Å². The molecule has 4 aromatic rings. The zero-order valence-corrected chi connectivity index (χ0v) is 14.8. The summed E-state index contributed by atoms with van der Waals surface area (Å²) in [4.78, 5) is 10.1. The monoisotopic (exact) mass is 346 g/mol. The number of hydrogen-bond donors (Lipinski definition) is 2. The number of anilines is 2. The van der Waals surface area contributed by atoms with E-state index < -0.39 is 0 Å². The van der Waals surface area contributed by atoms with E-state index >= 15 is 0 Å². The summed E-state index contributed by atoms with van der Waals surface area (Å²) >= 11 is 0. The van der Waals surface area contributed by atoms with Gasteiger partial charge in [0.15, 0.2) is 12.0 Å². The molecule has 0 aliphatic carbocycles. The molecule has 0 atom stereocenters. The second-order valence-electron chi connectivity index (χ2n) is 7.24. The van der Waals surface area contributed by atoms with Gasteiger partial charge in [0.1, 0.15) is 5.52 Å². The van der Waals surface area contributed by atoms with Crippen LogP contribution in [0.1, 0.15) is 24.3 Å². The Labute approximate surface area is 152 Å². The van der Waals surface area contributed by atoms with Gasteiger partial charge >= 0.3 is 0 Å². The molecule has 2 aromatic carbocycles. The second kappa shape index (κ2) is 6.18. The minimum Gasteiger partial charge on any atom is -0.443 e. The number of H-pyrrole nitrogens is 1. The average molecular weight is 346 g/mol. The van der Waals surface area contributed by atoms with E-state index in [0.29, 0.717) is 5.92 Å². The molecular formula is C21H22N4O. The van der Waals surface area contributed by atoms with Crippen molar-refractivity contribution < 1.29 is 4.42 Å². The molecule has 0 bridgehead atoms. The van der Waals surface area contributed by atoms with E-state index in [4.69, 9.17) is 4.42 Å². The fourth-order valence-electron chi connectivity index (χ4n) is 3.99. The van der Waals surface area contributed by atoms with Crippen LogP contribution in [0.15, 0.2) is 53.4 Å². The van der Waals surface area contributed by atoms with E-state index in [2.05, 4.69) is 51.6 Å². The predicted octanol–water partition coefficient (Wildman–Crippen LogP) is 4.86. The van der Waals surface area contributed by atoms with E-state index in [9.17, 15) is 0 Å². The number of fused-ring (bicyclic) bond motifs is 2. The third-order valence-electron chi connectivity index (χ3n) is 5.49. The Morgan fingerprint density at radius 3 is 2.81 bits per heavy atom. The molecule has 132 valence electrons. The summed E-state index contributed by atoms with van der Waals surface area (Å²) in [6, 6.07) is 12.5. The van der Waals surface area contributed by atoms with Crippen molar-refractivity contribution >= 4 is 33.4 Å². The highest BCUT2D eigenvalue weighted by Gasteiger charge is 2.21. The van der Waals surface area contributed by atoms with Gasteiger partial charge in [-0.1, -0.05) is 6.07 Å². The summed E-state index contributed by atoms with van der Waals surface area (Å²) < 4.78 is 5.30. The summed E-state index contributed by atoms with van der Waals surface area (Å²) in [5.41, 5.74) is 6.39. The molecule has 0 unspecified atom stereocenters. The standard InChI is InChI=1S/C21H22N4O/c1-25-8-6-14(7-9-25)18-12-22-19-10-15(2-4-17(18)19)24-16-3-5-21-20(11-16)23-13-26-21/h2-5,10-14,22,24H,6-9H2,1H3. The van der Waals surface area contributed by atoms with Gasteiger partial charge in [0, 0.05) is 28.5 Å². The number of nitrogens with zero attached hydrogens (tertiary/aromatic N) is 2. The number of hydrogen-bond acceptors (Lipinski definition) is 4. The SMILES string of the molecule is CN1CCC(c2c[nH]c3cc(Nc4ccc5ocnc5c4)ccc23)CC1. The molecular weight excluding hydrogens is 324 g/mol.